The second-order valence-electron chi connectivity index (χ2n) is 4.16. The average Bonchev–Trinajstić information content (AvgIpc) is 2.60. The Morgan fingerprint density at radius 3 is 2.73 bits per heavy atom. The van der Waals surface area contributed by atoms with Crippen LogP contribution in [0, 0.1) is 5.92 Å². The normalized spacial score (nSPS) is 15.2. The van der Waals surface area contributed by atoms with Gasteiger partial charge in [0.15, 0.2) is 0 Å². The van der Waals surface area contributed by atoms with Crippen molar-refractivity contribution < 1.29 is 0 Å². The maximum Gasteiger partial charge on any atom is 0.0285 e. The molecule has 3 heteroatoms. The second-order valence-corrected chi connectivity index (χ2v) is 6.07. The zero-order valence-electron chi connectivity index (χ0n) is 9.72. The van der Waals surface area contributed by atoms with Gasteiger partial charge < -0.3 is 5.32 Å². The molecule has 2 atom stereocenters. The highest BCUT2D eigenvalue weighted by atomic mass is 79.9. The van der Waals surface area contributed by atoms with Crippen LogP contribution < -0.4 is 5.32 Å². The van der Waals surface area contributed by atoms with Crippen LogP contribution in [0.4, 0.5) is 0 Å². The van der Waals surface area contributed by atoms with Crippen LogP contribution in [-0.4, -0.2) is 12.6 Å². The molecule has 86 valence electrons. The third-order valence-electron chi connectivity index (χ3n) is 2.71. The summed E-state index contributed by atoms with van der Waals surface area (Å²) in [7, 11) is 0. The van der Waals surface area contributed by atoms with Gasteiger partial charge in [0.2, 0.25) is 0 Å². The number of halogens is 1. The molecule has 2 unspecified atom stereocenters. The van der Waals surface area contributed by atoms with Crippen molar-refractivity contribution in [2.75, 3.05) is 6.54 Å². The first-order valence-corrected chi connectivity index (χ1v) is 7.27. The van der Waals surface area contributed by atoms with Gasteiger partial charge in [-0.3, -0.25) is 0 Å². The minimum Gasteiger partial charge on any atom is -0.314 e. The molecule has 0 aliphatic rings. The molecular weight excluding hydrogens is 270 g/mol. The van der Waals surface area contributed by atoms with Crippen LogP contribution in [0.1, 0.15) is 32.1 Å². The van der Waals surface area contributed by atoms with Crippen LogP contribution >= 0.6 is 27.3 Å². The van der Waals surface area contributed by atoms with Crippen molar-refractivity contribution >= 4 is 27.3 Å². The van der Waals surface area contributed by atoms with Crippen molar-refractivity contribution in [3.8, 4) is 0 Å². The summed E-state index contributed by atoms with van der Waals surface area (Å²) >= 11 is 5.34. The second kappa shape index (κ2) is 6.66. The predicted molar refractivity (Wildman–Crippen MR) is 72.6 cm³/mol. The Balaban J connectivity index is 2.37. The summed E-state index contributed by atoms with van der Waals surface area (Å²) in [6.45, 7) is 7.93. The predicted octanol–water partition coefficient (Wildman–Crippen LogP) is 4.08. The van der Waals surface area contributed by atoms with Gasteiger partial charge in [0.25, 0.3) is 0 Å². The molecule has 0 fully saturated rings. The Morgan fingerprint density at radius 1 is 1.47 bits per heavy atom. The Morgan fingerprint density at radius 2 is 2.20 bits per heavy atom. The van der Waals surface area contributed by atoms with Gasteiger partial charge in [0.05, 0.1) is 0 Å². The van der Waals surface area contributed by atoms with E-state index in [1.54, 1.807) is 0 Å². The summed E-state index contributed by atoms with van der Waals surface area (Å²) < 4.78 is 1.21. The molecule has 0 aromatic carbocycles. The molecule has 0 bridgehead atoms. The first-order valence-electron chi connectivity index (χ1n) is 5.59. The van der Waals surface area contributed by atoms with Crippen LogP contribution in [0.2, 0.25) is 0 Å². The molecule has 0 radical (unpaired) electrons. The SMILES string of the molecule is CCCNC(C)C(C)Cc1cc(Br)cs1. The van der Waals surface area contributed by atoms with Gasteiger partial charge in [0, 0.05) is 20.8 Å². The molecule has 15 heavy (non-hydrogen) atoms. The van der Waals surface area contributed by atoms with E-state index in [1.807, 2.05) is 11.3 Å². The summed E-state index contributed by atoms with van der Waals surface area (Å²) in [6.07, 6.45) is 2.38. The zero-order valence-corrected chi connectivity index (χ0v) is 12.1. The molecule has 1 N–H and O–H groups in total. The highest BCUT2D eigenvalue weighted by Crippen LogP contribution is 2.23. The van der Waals surface area contributed by atoms with E-state index in [9.17, 15) is 0 Å². The summed E-state index contributed by atoms with van der Waals surface area (Å²) in [5, 5.41) is 5.71. The maximum atomic E-state index is 3.55. The highest BCUT2D eigenvalue weighted by molar-refractivity contribution is 9.10. The van der Waals surface area contributed by atoms with Crippen LogP contribution in [0.15, 0.2) is 15.9 Å². The van der Waals surface area contributed by atoms with E-state index in [0.29, 0.717) is 12.0 Å². The van der Waals surface area contributed by atoms with E-state index < -0.39 is 0 Å². The molecule has 0 amide bonds. The number of hydrogen-bond donors (Lipinski definition) is 1. The fourth-order valence-electron chi connectivity index (χ4n) is 1.53. The Kier molecular flexibility index (Phi) is 5.87. The number of hydrogen-bond acceptors (Lipinski definition) is 2. The van der Waals surface area contributed by atoms with E-state index in [2.05, 4.69) is 53.5 Å². The first-order chi connectivity index (χ1) is 7.13. The van der Waals surface area contributed by atoms with Crippen LogP contribution in [0.25, 0.3) is 0 Å². The van der Waals surface area contributed by atoms with E-state index in [-0.39, 0.29) is 0 Å². The van der Waals surface area contributed by atoms with Crippen molar-refractivity contribution in [2.45, 2.75) is 39.7 Å². The largest absolute Gasteiger partial charge is 0.314 e. The minimum atomic E-state index is 0.603. The monoisotopic (exact) mass is 289 g/mol. The molecule has 0 aliphatic carbocycles. The Hall–Kier alpha value is 0.140. The van der Waals surface area contributed by atoms with E-state index in [0.717, 1.165) is 6.54 Å². The first kappa shape index (κ1) is 13.2. The standard InChI is InChI=1S/C12H20BrNS/c1-4-5-14-10(3)9(2)6-12-7-11(13)8-15-12/h7-10,14H,4-6H2,1-3H3. The summed E-state index contributed by atoms with van der Waals surface area (Å²) in [5.41, 5.74) is 0. The van der Waals surface area contributed by atoms with E-state index in [1.165, 1.54) is 22.2 Å². The Bertz CT molecular complexity index is 285. The van der Waals surface area contributed by atoms with Gasteiger partial charge in [-0.1, -0.05) is 13.8 Å². The third kappa shape index (κ3) is 4.66. The van der Waals surface area contributed by atoms with Crippen molar-refractivity contribution in [2.24, 2.45) is 5.92 Å². The van der Waals surface area contributed by atoms with Crippen molar-refractivity contribution in [3.63, 3.8) is 0 Å². The van der Waals surface area contributed by atoms with Crippen molar-refractivity contribution in [1.82, 2.24) is 5.32 Å². The summed E-state index contributed by atoms with van der Waals surface area (Å²) in [4.78, 5) is 1.47. The number of thiophene rings is 1. The molecule has 1 nitrogen and oxygen atoms in total. The maximum absolute atomic E-state index is 3.55. The zero-order chi connectivity index (χ0) is 11.3. The Labute approximate surface area is 105 Å². The lowest BCUT2D eigenvalue weighted by atomic mass is 9.99. The van der Waals surface area contributed by atoms with E-state index >= 15 is 0 Å². The van der Waals surface area contributed by atoms with Gasteiger partial charge in [-0.25, -0.2) is 0 Å². The van der Waals surface area contributed by atoms with Crippen LogP contribution in [-0.2, 0) is 6.42 Å². The minimum absolute atomic E-state index is 0.603. The molecule has 1 heterocycles. The smallest absolute Gasteiger partial charge is 0.0285 e. The fraction of sp³-hybridized carbons (Fsp3) is 0.667. The molecule has 0 aliphatic heterocycles. The van der Waals surface area contributed by atoms with Crippen LogP contribution in [0.5, 0.6) is 0 Å². The number of rotatable bonds is 6. The molecule has 0 saturated heterocycles. The quantitative estimate of drug-likeness (QED) is 0.832. The molecule has 0 saturated carbocycles. The fourth-order valence-corrected chi connectivity index (χ4v) is 3.12. The highest BCUT2D eigenvalue weighted by Gasteiger charge is 2.12. The third-order valence-corrected chi connectivity index (χ3v) is 4.43. The van der Waals surface area contributed by atoms with Gasteiger partial charge in [-0.15, -0.1) is 11.3 Å². The van der Waals surface area contributed by atoms with Gasteiger partial charge in [-0.2, -0.15) is 0 Å². The van der Waals surface area contributed by atoms with Crippen LogP contribution in [0.3, 0.4) is 0 Å². The van der Waals surface area contributed by atoms with Crippen molar-refractivity contribution in [1.29, 1.82) is 0 Å². The molecule has 1 aromatic rings. The number of nitrogens with one attached hydrogen (secondary N) is 1. The van der Waals surface area contributed by atoms with Crippen molar-refractivity contribution in [3.05, 3.63) is 20.8 Å². The lowest BCUT2D eigenvalue weighted by Crippen LogP contribution is -2.33. The van der Waals surface area contributed by atoms with E-state index in [4.69, 9.17) is 0 Å². The van der Waals surface area contributed by atoms with Gasteiger partial charge in [0.1, 0.15) is 0 Å². The summed E-state index contributed by atoms with van der Waals surface area (Å²) in [6, 6.07) is 2.83. The lowest BCUT2D eigenvalue weighted by molar-refractivity contribution is 0.401. The molecular formula is C12H20BrNS. The van der Waals surface area contributed by atoms with Gasteiger partial charge in [-0.05, 0) is 54.2 Å². The summed E-state index contributed by atoms with van der Waals surface area (Å²) in [5.74, 6) is 0.696. The molecule has 1 aromatic heterocycles. The lowest BCUT2D eigenvalue weighted by Gasteiger charge is -2.20. The molecule has 1 rings (SSSR count). The topological polar surface area (TPSA) is 12.0 Å². The van der Waals surface area contributed by atoms with Gasteiger partial charge >= 0.3 is 0 Å². The molecule has 0 spiro atoms. The average molecular weight is 290 g/mol.